The third kappa shape index (κ3) is 3.58. The number of benzene rings is 1. The van der Waals surface area contributed by atoms with Crippen molar-refractivity contribution in [2.75, 3.05) is 6.61 Å². The molecule has 0 saturated heterocycles. The monoisotopic (exact) mass is 261 g/mol. The van der Waals surface area contributed by atoms with Gasteiger partial charge in [-0.15, -0.1) is 0 Å². The number of aliphatic hydroxyl groups is 1. The van der Waals surface area contributed by atoms with Gasteiger partial charge in [0.15, 0.2) is 5.76 Å². The Hall–Kier alpha value is -1.81. The van der Waals surface area contributed by atoms with E-state index in [1.54, 1.807) is 6.07 Å². The minimum Gasteiger partial charge on any atom is -0.493 e. The lowest BCUT2D eigenvalue weighted by Gasteiger charge is -2.10. The first-order valence-corrected chi connectivity index (χ1v) is 6.49. The molecule has 2 aromatic rings. The first-order valence-electron chi connectivity index (χ1n) is 6.49. The summed E-state index contributed by atoms with van der Waals surface area (Å²) in [6.45, 7) is 4.88. The van der Waals surface area contributed by atoms with Crippen molar-refractivity contribution in [1.29, 1.82) is 0 Å². The van der Waals surface area contributed by atoms with Crippen LogP contribution in [0.5, 0.6) is 5.75 Å². The summed E-state index contributed by atoms with van der Waals surface area (Å²) in [5, 5.41) is 12.8. The van der Waals surface area contributed by atoms with Gasteiger partial charge in [0.05, 0.1) is 18.8 Å². The fraction of sp³-hybridized carbons (Fsp3) is 0.400. The van der Waals surface area contributed by atoms with Crippen LogP contribution in [0.2, 0.25) is 0 Å². The summed E-state index contributed by atoms with van der Waals surface area (Å²) < 4.78 is 11.0. The molecule has 0 fully saturated rings. The highest BCUT2D eigenvalue weighted by Crippen LogP contribution is 2.30. The van der Waals surface area contributed by atoms with Crippen LogP contribution in [-0.2, 0) is 6.61 Å². The Labute approximate surface area is 113 Å². The highest BCUT2D eigenvalue weighted by atomic mass is 16.5. The summed E-state index contributed by atoms with van der Waals surface area (Å²) in [6.07, 6.45) is 1.01. The molecule has 0 saturated carbocycles. The number of hydrogen-bond donors (Lipinski definition) is 1. The second-order valence-electron chi connectivity index (χ2n) is 4.87. The summed E-state index contributed by atoms with van der Waals surface area (Å²) in [6, 6.07) is 9.41. The lowest BCUT2D eigenvalue weighted by Crippen LogP contribution is -2.02. The van der Waals surface area contributed by atoms with E-state index >= 15 is 0 Å². The zero-order chi connectivity index (χ0) is 13.7. The van der Waals surface area contributed by atoms with E-state index in [1.807, 2.05) is 24.3 Å². The number of rotatable bonds is 6. The Morgan fingerprint density at radius 3 is 2.79 bits per heavy atom. The van der Waals surface area contributed by atoms with Crippen molar-refractivity contribution < 1.29 is 14.4 Å². The maximum absolute atomic E-state index is 9.02. The molecule has 0 amide bonds. The molecule has 19 heavy (non-hydrogen) atoms. The number of nitrogens with zero attached hydrogens (tertiary/aromatic N) is 1. The van der Waals surface area contributed by atoms with Gasteiger partial charge in [0.1, 0.15) is 11.4 Å². The van der Waals surface area contributed by atoms with Crippen molar-refractivity contribution in [3.63, 3.8) is 0 Å². The van der Waals surface area contributed by atoms with Gasteiger partial charge in [-0.1, -0.05) is 31.1 Å². The number of hydrogen-bond acceptors (Lipinski definition) is 4. The highest BCUT2D eigenvalue weighted by Gasteiger charge is 2.11. The van der Waals surface area contributed by atoms with Crippen LogP contribution in [0, 0.1) is 5.92 Å². The number of aromatic nitrogens is 1. The highest BCUT2D eigenvalue weighted by molar-refractivity contribution is 5.65. The SMILES string of the molecule is CC(C)CCOc1ccccc1-c1cc(CO)no1. The first-order chi connectivity index (χ1) is 9.20. The zero-order valence-corrected chi connectivity index (χ0v) is 11.3. The van der Waals surface area contributed by atoms with Gasteiger partial charge >= 0.3 is 0 Å². The zero-order valence-electron chi connectivity index (χ0n) is 11.3. The van der Waals surface area contributed by atoms with Crippen molar-refractivity contribution in [3.05, 3.63) is 36.0 Å². The van der Waals surface area contributed by atoms with E-state index in [0.717, 1.165) is 17.7 Å². The quantitative estimate of drug-likeness (QED) is 0.867. The molecule has 102 valence electrons. The normalized spacial score (nSPS) is 10.9. The molecule has 4 nitrogen and oxygen atoms in total. The topological polar surface area (TPSA) is 55.5 Å². The van der Waals surface area contributed by atoms with E-state index in [1.165, 1.54) is 0 Å². The fourth-order valence-electron chi connectivity index (χ4n) is 1.71. The van der Waals surface area contributed by atoms with Crippen molar-refractivity contribution in [2.24, 2.45) is 5.92 Å². The summed E-state index contributed by atoms with van der Waals surface area (Å²) in [5.41, 5.74) is 1.38. The lowest BCUT2D eigenvalue weighted by molar-refractivity contribution is 0.267. The van der Waals surface area contributed by atoms with E-state index in [0.29, 0.717) is 24.0 Å². The lowest BCUT2D eigenvalue weighted by atomic mass is 10.1. The predicted molar refractivity (Wildman–Crippen MR) is 72.8 cm³/mol. The van der Waals surface area contributed by atoms with Crippen molar-refractivity contribution in [2.45, 2.75) is 26.9 Å². The molecule has 0 bridgehead atoms. The van der Waals surface area contributed by atoms with E-state index in [9.17, 15) is 0 Å². The van der Waals surface area contributed by atoms with Crippen LogP contribution in [-0.4, -0.2) is 16.9 Å². The van der Waals surface area contributed by atoms with Crippen molar-refractivity contribution in [1.82, 2.24) is 5.16 Å². The molecular weight excluding hydrogens is 242 g/mol. The largest absolute Gasteiger partial charge is 0.493 e. The molecule has 0 aliphatic carbocycles. The van der Waals surface area contributed by atoms with Gasteiger partial charge in [0.2, 0.25) is 0 Å². The second kappa shape index (κ2) is 6.38. The number of para-hydroxylation sites is 1. The van der Waals surface area contributed by atoms with Gasteiger partial charge in [-0.3, -0.25) is 0 Å². The Kier molecular flexibility index (Phi) is 4.58. The van der Waals surface area contributed by atoms with E-state index in [-0.39, 0.29) is 6.61 Å². The van der Waals surface area contributed by atoms with Crippen LogP contribution < -0.4 is 4.74 Å². The van der Waals surface area contributed by atoms with Gasteiger partial charge < -0.3 is 14.4 Å². The van der Waals surface area contributed by atoms with Crippen LogP contribution >= 0.6 is 0 Å². The first kappa shape index (κ1) is 13.6. The van der Waals surface area contributed by atoms with Crippen molar-refractivity contribution >= 4 is 0 Å². The number of ether oxygens (including phenoxy) is 1. The molecule has 0 spiro atoms. The van der Waals surface area contributed by atoms with Gasteiger partial charge in [0, 0.05) is 6.07 Å². The molecule has 1 heterocycles. The van der Waals surface area contributed by atoms with Gasteiger partial charge in [-0.05, 0) is 24.5 Å². The van der Waals surface area contributed by atoms with E-state index in [2.05, 4.69) is 19.0 Å². The van der Waals surface area contributed by atoms with Crippen LogP contribution in [0.1, 0.15) is 26.0 Å². The Morgan fingerprint density at radius 1 is 1.32 bits per heavy atom. The summed E-state index contributed by atoms with van der Waals surface area (Å²) in [4.78, 5) is 0. The smallest absolute Gasteiger partial charge is 0.170 e. The van der Waals surface area contributed by atoms with E-state index in [4.69, 9.17) is 14.4 Å². The standard InChI is InChI=1S/C15H19NO3/c1-11(2)7-8-18-14-6-4-3-5-13(14)15-9-12(10-17)16-19-15/h3-6,9,11,17H,7-8,10H2,1-2H3. The number of aliphatic hydroxyl groups excluding tert-OH is 1. The third-order valence-corrected chi connectivity index (χ3v) is 2.83. The maximum atomic E-state index is 9.02. The van der Waals surface area contributed by atoms with Crippen LogP contribution in [0.15, 0.2) is 34.9 Å². The molecule has 1 aromatic heterocycles. The molecule has 2 rings (SSSR count). The van der Waals surface area contributed by atoms with Gasteiger partial charge in [0.25, 0.3) is 0 Å². The molecule has 0 atom stereocenters. The minimum absolute atomic E-state index is 0.125. The summed E-state index contributed by atoms with van der Waals surface area (Å²) in [5.74, 6) is 2.01. The average Bonchev–Trinajstić information content (AvgIpc) is 2.87. The molecule has 0 unspecified atom stereocenters. The van der Waals surface area contributed by atoms with E-state index < -0.39 is 0 Å². The second-order valence-corrected chi connectivity index (χ2v) is 4.87. The van der Waals surface area contributed by atoms with Gasteiger partial charge in [-0.25, -0.2) is 0 Å². The van der Waals surface area contributed by atoms with Crippen molar-refractivity contribution in [3.8, 4) is 17.1 Å². The molecule has 1 aromatic carbocycles. The predicted octanol–water partition coefficient (Wildman–Crippen LogP) is 3.26. The summed E-state index contributed by atoms with van der Waals surface area (Å²) in [7, 11) is 0. The molecule has 0 aliphatic rings. The minimum atomic E-state index is -0.125. The third-order valence-electron chi connectivity index (χ3n) is 2.83. The van der Waals surface area contributed by atoms with Crippen LogP contribution in [0.4, 0.5) is 0 Å². The van der Waals surface area contributed by atoms with Crippen LogP contribution in [0.3, 0.4) is 0 Å². The average molecular weight is 261 g/mol. The van der Waals surface area contributed by atoms with Gasteiger partial charge in [-0.2, -0.15) is 0 Å². The van der Waals surface area contributed by atoms with Crippen LogP contribution in [0.25, 0.3) is 11.3 Å². The molecular formula is C15H19NO3. The molecule has 0 radical (unpaired) electrons. The summed E-state index contributed by atoms with van der Waals surface area (Å²) >= 11 is 0. The molecule has 0 aliphatic heterocycles. The Morgan fingerprint density at radius 2 is 2.11 bits per heavy atom. The molecule has 1 N–H and O–H groups in total. The Balaban J connectivity index is 2.15. The fourth-order valence-corrected chi connectivity index (χ4v) is 1.71. The Bertz CT molecular complexity index is 520. The molecule has 4 heteroatoms. The maximum Gasteiger partial charge on any atom is 0.170 e.